The largest absolute Gasteiger partial charge is 0.396 e. The molecule has 0 aromatic heterocycles. The van der Waals surface area contributed by atoms with Crippen LogP contribution in [0.5, 0.6) is 0 Å². The van der Waals surface area contributed by atoms with Gasteiger partial charge in [0.1, 0.15) is 0 Å². The van der Waals surface area contributed by atoms with Crippen LogP contribution in [0.3, 0.4) is 0 Å². The summed E-state index contributed by atoms with van der Waals surface area (Å²) in [5.74, 6) is 0. The van der Waals surface area contributed by atoms with Gasteiger partial charge in [-0.15, -0.1) is 0 Å². The summed E-state index contributed by atoms with van der Waals surface area (Å²) in [6.07, 6.45) is 7.11. The highest BCUT2D eigenvalue weighted by atomic mass is 16.3. The zero-order valence-electron chi connectivity index (χ0n) is 9.68. The van der Waals surface area contributed by atoms with Gasteiger partial charge in [0.2, 0.25) is 0 Å². The monoisotopic (exact) mass is 199 g/mol. The molecule has 84 valence electrons. The maximum Gasteiger partial charge on any atom is 0.0436 e. The second-order valence-electron chi connectivity index (χ2n) is 5.70. The number of aliphatic hydroxyl groups is 1. The van der Waals surface area contributed by atoms with Crippen molar-refractivity contribution in [3.63, 3.8) is 0 Å². The molecule has 1 atom stereocenters. The zero-order valence-corrected chi connectivity index (χ0v) is 9.68. The second kappa shape index (κ2) is 4.63. The van der Waals surface area contributed by atoms with E-state index in [4.69, 9.17) is 10.8 Å². The fourth-order valence-electron chi connectivity index (χ4n) is 2.59. The Morgan fingerprint density at radius 1 is 1.14 bits per heavy atom. The summed E-state index contributed by atoms with van der Waals surface area (Å²) in [6, 6.07) is 0. The van der Waals surface area contributed by atoms with E-state index in [1.165, 1.54) is 32.1 Å². The SMILES string of the molecule is CC1(C)CCCC(CN)(CCO)CC1. The van der Waals surface area contributed by atoms with Gasteiger partial charge in [0.25, 0.3) is 0 Å². The third kappa shape index (κ3) is 2.96. The molecule has 0 radical (unpaired) electrons. The molecule has 14 heavy (non-hydrogen) atoms. The van der Waals surface area contributed by atoms with E-state index in [1.54, 1.807) is 0 Å². The van der Waals surface area contributed by atoms with Gasteiger partial charge in [-0.05, 0) is 49.5 Å². The molecule has 1 unspecified atom stereocenters. The molecular weight excluding hydrogens is 174 g/mol. The van der Waals surface area contributed by atoms with E-state index in [1.807, 2.05) is 0 Å². The van der Waals surface area contributed by atoms with E-state index >= 15 is 0 Å². The molecule has 2 nitrogen and oxygen atoms in total. The predicted octanol–water partition coefficient (Wildman–Crippen LogP) is 2.30. The van der Waals surface area contributed by atoms with Crippen molar-refractivity contribution >= 4 is 0 Å². The van der Waals surface area contributed by atoms with Crippen LogP contribution in [0.25, 0.3) is 0 Å². The van der Waals surface area contributed by atoms with Crippen molar-refractivity contribution < 1.29 is 5.11 Å². The van der Waals surface area contributed by atoms with Gasteiger partial charge in [-0.1, -0.05) is 20.3 Å². The van der Waals surface area contributed by atoms with Crippen LogP contribution in [0.15, 0.2) is 0 Å². The Balaban J connectivity index is 2.61. The van der Waals surface area contributed by atoms with Gasteiger partial charge < -0.3 is 10.8 Å². The van der Waals surface area contributed by atoms with Crippen molar-refractivity contribution in [2.24, 2.45) is 16.6 Å². The van der Waals surface area contributed by atoms with Gasteiger partial charge in [-0.2, -0.15) is 0 Å². The number of hydrogen-bond acceptors (Lipinski definition) is 2. The lowest BCUT2D eigenvalue weighted by Gasteiger charge is -2.31. The topological polar surface area (TPSA) is 46.2 Å². The Morgan fingerprint density at radius 3 is 2.43 bits per heavy atom. The Morgan fingerprint density at radius 2 is 1.86 bits per heavy atom. The predicted molar refractivity (Wildman–Crippen MR) is 60.1 cm³/mol. The maximum atomic E-state index is 9.08. The molecule has 0 spiro atoms. The first-order chi connectivity index (χ1) is 6.54. The third-order valence-electron chi connectivity index (χ3n) is 3.97. The van der Waals surface area contributed by atoms with Crippen LogP contribution in [-0.2, 0) is 0 Å². The number of aliphatic hydroxyl groups excluding tert-OH is 1. The van der Waals surface area contributed by atoms with Crippen molar-refractivity contribution in [3.8, 4) is 0 Å². The number of nitrogens with two attached hydrogens (primary N) is 1. The van der Waals surface area contributed by atoms with Crippen molar-refractivity contribution in [2.45, 2.75) is 52.4 Å². The second-order valence-corrected chi connectivity index (χ2v) is 5.70. The number of hydrogen-bond donors (Lipinski definition) is 2. The summed E-state index contributed by atoms with van der Waals surface area (Å²) < 4.78 is 0. The molecule has 1 aliphatic carbocycles. The number of rotatable bonds is 3. The maximum absolute atomic E-state index is 9.08. The molecule has 1 saturated carbocycles. The molecule has 0 amide bonds. The van der Waals surface area contributed by atoms with Crippen molar-refractivity contribution in [1.82, 2.24) is 0 Å². The molecule has 0 aliphatic heterocycles. The minimum atomic E-state index is 0.239. The summed E-state index contributed by atoms with van der Waals surface area (Å²) in [5.41, 5.74) is 6.59. The van der Waals surface area contributed by atoms with Gasteiger partial charge in [0, 0.05) is 6.61 Å². The third-order valence-corrected chi connectivity index (χ3v) is 3.97. The molecule has 0 aromatic rings. The van der Waals surface area contributed by atoms with E-state index in [0.29, 0.717) is 5.41 Å². The van der Waals surface area contributed by atoms with Gasteiger partial charge in [-0.3, -0.25) is 0 Å². The summed E-state index contributed by atoms with van der Waals surface area (Å²) in [7, 11) is 0. The molecule has 1 fully saturated rings. The average Bonchev–Trinajstić information content (AvgIpc) is 2.27. The van der Waals surface area contributed by atoms with Crippen LogP contribution < -0.4 is 5.73 Å². The zero-order chi connectivity index (χ0) is 10.7. The summed E-state index contributed by atoms with van der Waals surface area (Å²) >= 11 is 0. The lowest BCUT2D eigenvalue weighted by molar-refractivity contribution is 0.161. The first-order valence-corrected chi connectivity index (χ1v) is 5.85. The van der Waals surface area contributed by atoms with Gasteiger partial charge >= 0.3 is 0 Å². The van der Waals surface area contributed by atoms with Crippen LogP contribution in [0.2, 0.25) is 0 Å². The lowest BCUT2D eigenvalue weighted by atomic mass is 9.76. The normalized spacial score (nSPS) is 32.6. The van der Waals surface area contributed by atoms with Crippen molar-refractivity contribution in [1.29, 1.82) is 0 Å². The van der Waals surface area contributed by atoms with Crippen molar-refractivity contribution in [3.05, 3.63) is 0 Å². The van der Waals surface area contributed by atoms with Gasteiger partial charge in [-0.25, -0.2) is 0 Å². The Bertz CT molecular complexity index is 179. The Hall–Kier alpha value is -0.0800. The molecule has 0 bridgehead atoms. The minimum absolute atomic E-state index is 0.239. The Labute approximate surface area is 87.9 Å². The smallest absolute Gasteiger partial charge is 0.0436 e. The minimum Gasteiger partial charge on any atom is -0.396 e. The van der Waals surface area contributed by atoms with Crippen LogP contribution in [0.4, 0.5) is 0 Å². The van der Waals surface area contributed by atoms with E-state index < -0.39 is 0 Å². The molecule has 1 rings (SSSR count). The first-order valence-electron chi connectivity index (χ1n) is 5.85. The highest BCUT2D eigenvalue weighted by Gasteiger charge is 2.33. The quantitative estimate of drug-likeness (QED) is 0.685. The lowest BCUT2D eigenvalue weighted by Crippen LogP contribution is -2.31. The Kier molecular flexibility index (Phi) is 3.96. The average molecular weight is 199 g/mol. The molecule has 0 aromatic carbocycles. The van der Waals surface area contributed by atoms with Crippen LogP contribution in [0.1, 0.15) is 52.4 Å². The molecular formula is C12H25NO. The van der Waals surface area contributed by atoms with E-state index in [0.717, 1.165) is 13.0 Å². The standard InChI is InChI=1S/C12H25NO/c1-11(2)4-3-5-12(10-13,7-6-11)8-9-14/h14H,3-10,13H2,1-2H3. The van der Waals surface area contributed by atoms with E-state index in [2.05, 4.69) is 13.8 Å². The van der Waals surface area contributed by atoms with Crippen LogP contribution in [0, 0.1) is 10.8 Å². The van der Waals surface area contributed by atoms with Crippen LogP contribution in [-0.4, -0.2) is 18.3 Å². The summed E-state index contributed by atoms with van der Waals surface area (Å²) in [4.78, 5) is 0. The van der Waals surface area contributed by atoms with Gasteiger partial charge in [0.05, 0.1) is 0 Å². The molecule has 2 heteroatoms. The van der Waals surface area contributed by atoms with E-state index in [9.17, 15) is 0 Å². The van der Waals surface area contributed by atoms with Crippen LogP contribution >= 0.6 is 0 Å². The van der Waals surface area contributed by atoms with E-state index in [-0.39, 0.29) is 12.0 Å². The highest BCUT2D eigenvalue weighted by Crippen LogP contribution is 2.43. The molecule has 0 heterocycles. The summed E-state index contributed by atoms with van der Waals surface area (Å²) in [6.45, 7) is 5.72. The molecule has 3 N–H and O–H groups in total. The fraction of sp³-hybridized carbons (Fsp3) is 1.00. The molecule has 0 saturated heterocycles. The highest BCUT2D eigenvalue weighted by molar-refractivity contribution is 4.86. The fourth-order valence-corrected chi connectivity index (χ4v) is 2.59. The summed E-state index contributed by atoms with van der Waals surface area (Å²) in [5, 5.41) is 9.08. The molecule has 1 aliphatic rings. The van der Waals surface area contributed by atoms with Crippen molar-refractivity contribution in [2.75, 3.05) is 13.2 Å². The first kappa shape index (κ1) is 12.0. The van der Waals surface area contributed by atoms with Gasteiger partial charge in [0.15, 0.2) is 0 Å².